The Labute approximate surface area is 178 Å². The molecule has 1 aromatic carbocycles. The number of thioether (sulfide) groups is 1. The number of hydrogen-bond acceptors (Lipinski definition) is 6. The normalized spacial score (nSPS) is 19.1. The van der Waals surface area contributed by atoms with Crippen molar-refractivity contribution in [3.05, 3.63) is 46.3 Å². The highest BCUT2D eigenvalue weighted by Crippen LogP contribution is 2.38. The number of aromatic nitrogens is 2. The summed E-state index contributed by atoms with van der Waals surface area (Å²) < 4.78 is 5.91. The first-order valence-electron chi connectivity index (χ1n) is 10.1. The minimum Gasteiger partial charge on any atom is -0.410 e. The quantitative estimate of drug-likeness (QED) is 0.551. The number of aryl methyl sites for hydroxylation is 1. The Morgan fingerprint density at radius 2 is 2.14 bits per heavy atom. The molecule has 3 heterocycles. The van der Waals surface area contributed by atoms with Crippen molar-refractivity contribution in [1.82, 2.24) is 10.2 Å². The number of nitrogens with zero attached hydrogens (tertiary/aromatic N) is 3. The summed E-state index contributed by atoms with van der Waals surface area (Å²) in [6, 6.07) is 10.3. The first-order valence-corrected chi connectivity index (χ1v) is 11.8. The van der Waals surface area contributed by atoms with E-state index in [0.717, 1.165) is 42.3 Å². The van der Waals surface area contributed by atoms with Gasteiger partial charge >= 0.3 is 0 Å². The number of amides is 1. The van der Waals surface area contributed by atoms with Crippen molar-refractivity contribution in [3.63, 3.8) is 0 Å². The summed E-state index contributed by atoms with van der Waals surface area (Å²) in [6.45, 7) is 4.94. The highest BCUT2D eigenvalue weighted by atomic mass is 32.2. The van der Waals surface area contributed by atoms with Gasteiger partial charge in [0.15, 0.2) is 0 Å². The second-order valence-corrected chi connectivity index (χ2v) is 10.3. The summed E-state index contributed by atoms with van der Waals surface area (Å²) in [5.41, 5.74) is 3.68. The van der Waals surface area contributed by atoms with Crippen LogP contribution >= 0.6 is 23.1 Å². The topological polar surface area (TPSA) is 59.2 Å². The second kappa shape index (κ2) is 7.61. The fraction of sp³-hybridized carbons (Fsp3) is 0.409. The predicted octanol–water partition coefficient (Wildman–Crippen LogP) is 4.99. The lowest BCUT2D eigenvalue weighted by molar-refractivity contribution is -0.117. The molecular formula is C22H23N3O2S2. The Balaban J connectivity index is 1.29. The fourth-order valence-corrected chi connectivity index (χ4v) is 6.03. The maximum atomic E-state index is 13.0. The van der Waals surface area contributed by atoms with E-state index in [-0.39, 0.29) is 11.2 Å². The van der Waals surface area contributed by atoms with Crippen LogP contribution in [-0.2, 0) is 24.1 Å². The van der Waals surface area contributed by atoms with Crippen molar-refractivity contribution in [3.8, 4) is 10.8 Å². The number of benzene rings is 1. The van der Waals surface area contributed by atoms with E-state index >= 15 is 0 Å². The van der Waals surface area contributed by atoms with E-state index in [4.69, 9.17) is 4.42 Å². The molecule has 5 rings (SSSR count). The number of carbonyl (C=O) groups excluding carboxylic acids is 1. The van der Waals surface area contributed by atoms with Gasteiger partial charge in [0.05, 0.1) is 10.1 Å². The van der Waals surface area contributed by atoms with Crippen molar-refractivity contribution < 1.29 is 9.21 Å². The molecule has 0 saturated heterocycles. The number of carbonyl (C=O) groups is 1. The Morgan fingerprint density at radius 1 is 1.28 bits per heavy atom. The Bertz CT molecular complexity index is 1060. The molecule has 0 radical (unpaired) electrons. The lowest BCUT2D eigenvalue weighted by atomic mass is 9.90. The van der Waals surface area contributed by atoms with Crippen LogP contribution in [0.25, 0.3) is 10.8 Å². The first-order chi connectivity index (χ1) is 14.1. The zero-order chi connectivity index (χ0) is 20.0. The van der Waals surface area contributed by atoms with E-state index < -0.39 is 0 Å². The SMILES string of the molecule is C[C@@H]1CCc2sc(-c3nnc(S[C@H](C)C(=O)N4CCc5ccccc54)o3)cc2C1. The molecular weight excluding hydrogens is 402 g/mol. The molecule has 3 aromatic rings. The monoisotopic (exact) mass is 425 g/mol. The summed E-state index contributed by atoms with van der Waals surface area (Å²) in [5, 5.41) is 8.60. The molecule has 2 atom stereocenters. The maximum absolute atomic E-state index is 13.0. The number of anilines is 1. The van der Waals surface area contributed by atoms with Gasteiger partial charge < -0.3 is 9.32 Å². The average Bonchev–Trinajstić information content (AvgIpc) is 3.44. The van der Waals surface area contributed by atoms with Gasteiger partial charge in [-0.2, -0.15) is 0 Å². The molecule has 0 N–H and O–H groups in total. The van der Waals surface area contributed by atoms with E-state index in [1.165, 1.54) is 34.2 Å². The molecule has 2 aliphatic rings. The molecule has 0 unspecified atom stereocenters. The zero-order valence-electron chi connectivity index (χ0n) is 16.6. The molecule has 1 amide bonds. The van der Waals surface area contributed by atoms with E-state index in [1.807, 2.05) is 30.0 Å². The predicted molar refractivity (Wildman–Crippen MR) is 117 cm³/mol. The second-order valence-electron chi connectivity index (χ2n) is 7.91. The summed E-state index contributed by atoms with van der Waals surface area (Å²) >= 11 is 3.10. The zero-order valence-corrected chi connectivity index (χ0v) is 18.2. The van der Waals surface area contributed by atoms with E-state index in [9.17, 15) is 4.79 Å². The van der Waals surface area contributed by atoms with Gasteiger partial charge in [-0.25, -0.2) is 0 Å². The third kappa shape index (κ3) is 3.62. The van der Waals surface area contributed by atoms with Gasteiger partial charge in [-0.05, 0) is 61.8 Å². The molecule has 0 fully saturated rings. The van der Waals surface area contributed by atoms with Crippen LogP contribution in [0.3, 0.4) is 0 Å². The van der Waals surface area contributed by atoms with Crippen molar-refractivity contribution >= 4 is 34.7 Å². The standard InChI is InChI=1S/C22H23N3O2S2/c1-13-7-8-18-16(11-13)12-19(29-18)20-23-24-22(27-20)28-14(2)21(26)25-10-9-15-5-3-4-6-17(15)25/h3-6,12-14H,7-11H2,1-2H3/t13-,14-/m1/s1. The van der Waals surface area contributed by atoms with Crippen LogP contribution in [0.2, 0.25) is 0 Å². The lowest BCUT2D eigenvalue weighted by Crippen LogP contribution is -2.35. The van der Waals surface area contributed by atoms with Gasteiger partial charge in [-0.15, -0.1) is 21.5 Å². The Kier molecular flexibility index (Phi) is 4.95. The van der Waals surface area contributed by atoms with Gasteiger partial charge in [0.25, 0.3) is 11.1 Å². The third-order valence-corrected chi connectivity index (χ3v) is 7.87. The van der Waals surface area contributed by atoms with Crippen LogP contribution < -0.4 is 4.90 Å². The minimum atomic E-state index is -0.285. The van der Waals surface area contributed by atoms with Crippen molar-refractivity contribution in [2.75, 3.05) is 11.4 Å². The summed E-state index contributed by atoms with van der Waals surface area (Å²) in [5.74, 6) is 1.38. The number of thiophene rings is 1. The highest BCUT2D eigenvalue weighted by molar-refractivity contribution is 8.00. The smallest absolute Gasteiger partial charge is 0.277 e. The van der Waals surface area contributed by atoms with Crippen LogP contribution in [-0.4, -0.2) is 27.9 Å². The average molecular weight is 426 g/mol. The van der Waals surface area contributed by atoms with Crippen molar-refractivity contribution in [1.29, 1.82) is 0 Å². The van der Waals surface area contributed by atoms with Gasteiger partial charge in [-0.3, -0.25) is 4.79 Å². The van der Waals surface area contributed by atoms with Crippen LogP contribution in [0.1, 0.15) is 36.3 Å². The Hall–Kier alpha value is -2.12. The van der Waals surface area contributed by atoms with E-state index in [2.05, 4.69) is 29.3 Å². The van der Waals surface area contributed by atoms with Gasteiger partial charge in [0.1, 0.15) is 0 Å². The molecule has 150 valence electrons. The van der Waals surface area contributed by atoms with Crippen LogP contribution in [0.15, 0.2) is 40.0 Å². The maximum Gasteiger partial charge on any atom is 0.277 e. The van der Waals surface area contributed by atoms with Gasteiger partial charge in [0.2, 0.25) is 5.91 Å². The molecule has 5 nitrogen and oxygen atoms in total. The molecule has 29 heavy (non-hydrogen) atoms. The Morgan fingerprint density at radius 3 is 3.03 bits per heavy atom. The van der Waals surface area contributed by atoms with Crippen molar-refractivity contribution in [2.45, 2.75) is 50.0 Å². The van der Waals surface area contributed by atoms with Crippen LogP contribution in [0, 0.1) is 5.92 Å². The molecule has 1 aliphatic heterocycles. The van der Waals surface area contributed by atoms with E-state index in [0.29, 0.717) is 11.1 Å². The van der Waals surface area contributed by atoms with Gasteiger partial charge in [-0.1, -0.05) is 36.9 Å². The summed E-state index contributed by atoms with van der Waals surface area (Å²) in [6.07, 6.45) is 4.42. The fourth-order valence-electron chi connectivity index (χ4n) is 4.16. The summed E-state index contributed by atoms with van der Waals surface area (Å²) in [4.78, 5) is 17.3. The largest absolute Gasteiger partial charge is 0.410 e. The minimum absolute atomic E-state index is 0.0836. The van der Waals surface area contributed by atoms with Gasteiger partial charge in [0, 0.05) is 17.1 Å². The van der Waals surface area contributed by atoms with Crippen LogP contribution in [0.5, 0.6) is 0 Å². The molecule has 0 spiro atoms. The molecule has 7 heteroatoms. The summed E-state index contributed by atoms with van der Waals surface area (Å²) in [7, 11) is 0. The highest BCUT2D eigenvalue weighted by Gasteiger charge is 2.29. The molecule has 2 aromatic heterocycles. The molecule has 0 bridgehead atoms. The number of hydrogen-bond donors (Lipinski definition) is 0. The molecule has 0 saturated carbocycles. The van der Waals surface area contributed by atoms with E-state index in [1.54, 1.807) is 11.3 Å². The first kappa shape index (κ1) is 18.9. The number of para-hydroxylation sites is 1. The number of fused-ring (bicyclic) bond motifs is 2. The lowest BCUT2D eigenvalue weighted by Gasteiger charge is -2.20. The van der Waals surface area contributed by atoms with Crippen molar-refractivity contribution in [2.24, 2.45) is 5.92 Å². The third-order valence-electron chi connectivity index (χ3n) is 5.73. The number of rotatable bonds is 4. The molecule has 1 aliphatic carbocycles. The van der Waals surface area contributed by atoms with Crippen LogP contribution in [0.4, 0.5) is 5.69 Å².